The van der Waals surface area contributed by atoms with E-state index in [0.29, 0.717) is 27.5 Å². The molecule has 2 aromatic heterocycles. The van der Waals surface area contributed by atoms with Crippen molar-refractivity contribution in [3.8, 4) is 10.6 Å². The summed E-state index contributed by atoms with van der Waals surface area (Å²) in [5.41, 5.74) is 1.14. The van der Waals surface area contributed by atoms with Crippen LogP contribution in [-0.4, -0.2) is 26.6 Å². The Hall–Kier alpha value is -2.04. The van der Waals surface area contributed by atoms with Gasteiger partial charge in [-0.25, -0.2) is 13.8 Å². The molecule has 0 saturated heterocycles. The number of nitrogens with one attached hydrogen (secondary N) is 1. The number of carbonyl (C=O) groups is 1. The van der Waals surface area contributed by atoms with Crippen molar-refractivity contribution < 1.29 is 26.7 Å². The van der Waals surface area contributed by atoms with Crippen LogP contribution in [0.25, 0.3) is 10.6 Å². The van der Waals surface area contributed by atoms with Crippen molar-refractivity contribution in [1.29, 1.82) is 0 Å². The van der Waals surface area contributed by atoms with Gasteiger partial charge in [0.2, 0.25) is 11.8 Å². The van der Waals surface area contributed by atoms with Gasteiger partial charge >= 0.3 is 6.18 Å². The van der Waals surface area contributed by atoms with Gasteiger partial charge in [-0.15, -0.1) is 11.3 Å². The first-order valence-corrected chi connectivity index (χ1v) is 9.66. The molecule has 0 bridgehead atoms. The average molecular weight is 420 g/mol. The summed E-state index contributed by atoms with van der Waals surface area (Å²) >= 11 is 0.518. The summed E-state index contributed by atoms with van der Waals surface area (Å²) < 4.78 is 66.3. The Kier molecular flexibility index (Phi) is 4.48. The van der Waals surface area contributed by atoms with Crippen LogP contribution in [0.3, 0.4) is 0 Å². The predicted molar refractivity (Wildman–Crippen MR) is 92.2 cm³/mol. The van der Waals surface area contributed by atoms with Crippen molar-refractivity contribution in [1.82, 2.24) is 14.8 Å². The Bertz CT molecular complexity index is 907. The van der Waals surface area contributed by atoms with Crippen molar-refractivity contribution in [2.24, 2.45) is 13.0 Å². The highest BCUT2D eigenvalue weighted by Gasteiger charge is 2.49. The predicted octanol–water partition coefficient (Wildman–Crippen LogP) is 4.81. The van der Waals surface area contributed by atoms with Crippen LogP contribution in [0, 0.1) is 5.92 Å². The molecule has 2 aliphatic carbocycles. The van der Waals surface area contributed by atoms with Crippen LogP contribution in [0.1, 0.15) is 48.6 Å². The van der Waals surface area contributed by atoms with Crippen molar-refractivity contribution in [2.75, 3.05) is 5.32 Å². The van der Waals surface area contributed by atoms with Crippen LogP contribution in [0.2, 0.25) is 0 Å². The Labute approximate surface area is 160 Å². The molecular formula is C17H17F5N4OS. The summed E-state index contributed by atoms with van der Waals surface area (Å²) in [6, 6.07) is 0. The Balaban J connectivity index is 1.66. The molecule has 0 spiro atoms. The summed E-state index contributed by atoms with van der Waals surface area (Å²) in [7, 11) is 1.58. The monoisotopic (exact) mass is 420 g/mol. The minimum atomic E-state index is -4.54. The standard InChI is InChI=1S/C17H17F5N4OS/c1-26-12(10-7-23-15(28-10)17(20,21)22)11(8-3-2-4-8)13(25-26)24-14(27)9-5-16(18,19)6-9/h7-9H,2-6H2,1H3,(H,24,25,27). The molecule has 0 aromatic carbocycles. The lowest BCUT2D eigenvalue weighted by Gasteiger charge is -2.33. The van der Waals surface area contributed by atoms with Gasteiger partial charge in [-0.2, -0.15) is 18.3 Å². The van der Waals surface area contributed by atoms with E-state index >= 15 is 0 Å². The number of anilines is 1. The van der Waals surface area contributed by atoms with Crippen LogP contribution in [-0.2, 0) is 18.0 Å². The molecule has 152 valence electrons. The van der Waals surface area contributed by atoms with Crippen LogP contribution < -0.4 is 5.32 Å². The van der Waals surface area contributed by atoms with Crippen molar-refractivity contribution >= 4 is 23.1 Å². The number of aromatic nitrogens is 3. The minimum Gasteiger partial charge on any atom is -0.309 e. The number of aryl methyl sites for hydroxylation is 1. The highest BCUT2D eigenvalue weighted by Crippen LogP contribution is 2.47. The Morgan fingerprint density at radius 2 is 2.00 bits per heavy atom. The zero-order valence-electron chi connectivity index (χ0n) is 14.8. The first-order chi connectivity index (χ1) is 13.0. The fourth-order valence-electron chi connectivity index (χ4n) is 3.59. The first kappa shape index (κ1) is 19.3. The molecule has 2 heterocycles. The molecule has 4 rings (SSSR count). The lowest BCUT2D eigenvalue weighted by molar-refractivity contribution is -0.145. The zero-order valence-corrected chi connectivity index (χ0v) is 15.6. The van der Waals surface area contributed by atoms with Crippen molar-refractivity contribution in [2.45, 2.75) is 50.1 Å². The van der Waals surface area contributed by atoms with Gasteiger partial charge < -0.3 is 5.32 Å². The molecule has 0 unspecified atom stereocenters. The maximum absolute atomic E-state index is 13.0. The van der Waals surface area contributed by atoms with Crippen LogP contribution >= 0.6 is 11.3 Å². The topological polar surface area (TPSA) is 59.8 Å². The molecule has 2 aromatic rings. The van der Waals surface area contributed by atoms with E-state index in [1.54, 1.807) is 7.05 Å². The third-order valence-corrected chi connectivity index (χ3v) is 6.33. The fraction of sp³-hybridized carbons (Fsp3) is 0.588. The normalized spacial score (nSPS) is 19.9. The van der Waals surface area contributed by atoms with Gasteiger partial charge in [0.15, 0.2) is 10.8 Å². The second kappa shape index (κ2) is 6.50. The largest absolute Gasteiger partial charge is 0.443 e. The molecule has 0 radical (unpaired) electrons. The van der Waals surface area contributed by atoms with E-state index in [2.05, 4.69) is 15.4 Å². The minimum absolute atomic E-state index is 0.0540. The second-order valence-electron chi connectivity index (χ2n) is 7.34. The van der Waals surface area contributed by atoms with E-state index < -0.39 is 41.8 Å². The number of alkyl halides is 5. The number of carbonyl (C=O) groups excluding carboxylic acids is 1. The lowest BCUT2D eigenvalue weighted by Crippen LogP contribution is -2.42. The maximum Gasteiger partial charge on any atom is 0.443 e. The van der Waals surface area contributed by atoms with Crippen LogP contribution in [0.5, 0.6) is 0 Å². The van der Waals surface area contributed by atoms with Gasteiger partial charge in [-0.3, -0.25) is 9.48 Å². The highest BCUT2D eigenvalue weighted by atomic mass is 32.1. The number of hydrogen-bond acceptors (Lipinski definition) is 4. The number of amides is 1. The summed E-state index contributed by atoms with van der Waals surface area (Å²) in [6.45, 7) is 0. The van der Waals surface area contributed by atoms with E-state index in [0.717, 1.165) is 25.5 Å². The molecule has 0 atom stereocenters. The molecule has 2 aliphatic rings. The summed E-state index contributed by atoms with van der Waals surface area (Å²) in [5.74, 6) is -3.83. The third kappa shape index (κ3) is 3.40. The molecule has 2 saturated carbocycles. The van der Waals surface area contributed by atoms with E-state index in [1.165, 1.54) is 4.68 Å². The van der Waals surface area contributed by atoms with Crippen molar-refractivity contribution in [3.05, 3.63) is 16.8 Å². The van der Waals surface area contributed by atoms with Crippen LogP contribution in [0.15, 0.2) is 6.20 Å². The number of thiazole rings is 1. The summed E-state index contributed by atoms with van der Waals surface area (Å²) in [4.78, 5) is 16.1. The molecule has 0 aliphatic heterocycles. The maximum atomic E-state index is 13.0. The molecule has 11 heteroatoms. The molecule has 5 nitrogen and oxygen atoms in total. The highest BCUT2D eigenvalue weighted by molar-refractivity contribution is 7.15. The number of rotatable bonds is 4. The van der Waals surface area contributed by atoms with Gasteiger partial charge in [0.25, 0.3) is 0 Å². The Morgan fingerprint density at radius 1 is 1.32 bits per heavy atom. The quantitative estimate of drug-likeness (QED) is 0.722. The smallest absolute Gasteiger partial charge is 0.309 e. The van der Waals surface area contributed by atoms with Crippen molar-refractivity contribution in [3.63, 3.8) is 0 Å². The second-order valence-corrected chi connectivity index (χ2v) is 8.37. The SMILES string of the molecule is Cn1nc(NC(=O)C2CC(F)(F)C2)c(C2CCC2)c1-c1cnc(C(F)(F)F)s1. The molecule has 28 heavy (non-hydrogen) atoms. The number of nitrogens with zero attached hydrogens (tertiary/aromatic N) is 3. The summed E-state index contributed by atoms with van der Waals surface area (Å²) in [6.07, 6.45) is -1.75. The summed E-state index contributed by atoms with van der Waals surface area (Å²) in [5, 5.41) is 5.95. The average Bonchev–Trinajstić information content (AvgIpc) is 3.08. The van der Waals surface area contributed by atoms with Gasteiger partial charge in [0.05, 0.1) is 10.6 Å². The van der Waals surface area contributed by atoms with E-state index in [4.69, 9.17) is 0 Å². The van der Waals surface area contributed by atoms with E-state index in [1.807, 2.05) is 0 Å². The van der Waals surface area contributed by atoms with Gasteiger partial charge in [0, 0.05) is 37.6 Å². The fourth-order valence-corrected chi connectivity index (χ4v) is 4.46. The zero-order chi connectivity index (χ0) is 20.3. The molecule has 1 N–H and O–H groups in total. The lowest BCUT2D eigenvalue weighted by atomic mass is 9.79. The molecule has 2 fully saturated rings. The molecule has 1 amide bonds. The van der Waals surface area contributed by atoms with E-state index in [-0.39, 0.29) is 11.7 Å². The number of hydrogen-bond donors (Lipinski definition) is 1. The number of halogens is 5. The first-order valence-electron chi connectivity index (χ1n) is 8.84. The van der Waals surface area contributed by atoms with Gasteiger partial charge in [-0.05, 0) is 18.8 Å². The molecular weight excluding hydrogens is 403 g/mol. The van der Waals surface area contributed by atoms with E-state index in [9.17, 15) is 26.7 Å². The third-order valence-electron chi connectivity index (χ3n) is 5.28. The van der Waals surface area contributed by atoms with Gasteiger partial charge in [-0.1, -0.05) is 6.42 Å². The van der Waals surface area contributed by atoms with Crippen LogP contribution in [0.4, 0.5) is 27.8 Å². The van der Waals surface area contributed by atoms with Gasteiger partial charge in [0.1, 0.15) is 0 Å². The Morgan fingerprint density at radius 3 is 2.50 bits per heavy atom.